The maximum absolute atomic E-state index is 12.8. The second kappa shape index (κ2) is 8.10. The van der Waals surface area contributed by atoms with Gasteiger partial charge in [0.05, 0.1) is 0 Å². The fourth-order valence-electron chi connectivity index (χ4n) is 3.08. The third-order valence-corrected chi connectivity index (χ3v) is 4.44. The molecule has 3 rings (SSSR count). The number of fused-ring (bicyclic) bond motifs is 1. The molecule has 0 saturated carbocycles. The van der Waals surface area contributed by atoms with Crippen LogP contribution in [0.5, 0.6) is 0 Å². The summed E-state index contributed by atoms with van der Waals surface area (Å²) in [5, 5.41) is 2.89. The fourth-order valence-corrected chi connectivity index (χ4v) is 3.08. The number of pyridine rings is 1. The van der Waals surface area contributed by atoms with Gasteiger partial charge in [-0.05, 0) is 57.2 Å². The quantitative estimate of drug-likeness (QED) is 0.807. The Bertz CT molecular complexity index is 804. The number of nitrogens with one attached hydrogen (secondary N) is 1. The highest BCUT2D eigenvalue weighted by Gasteiger charge is 2.26. The number of anilines is 1. The van der Waals surface area contributed by atoms with E-state index in [-0.39, 0.29) is 11.8 Å². The average Bonchev–Trinajstić information content (AvgIpc) is 3.08. The van der Waals surface area contributed by atoms with E-state index in [1.807, 2.05) is 38.4 Å². The Balaban J connectivity index is 1.67. The maximum atomic E-state index is 12.8. The first kappa shape index (κ1) is 18.1. The molecule has 0 bridgehead atoms. The van der Waals surface area contributed by atoms with Crippen LogP contribution in [0.4, 0.5) is 5.69 Å². The molecule has 0 radical (unpaired) electrons. The van der Waals surface area contributed by atoms with Crippen LogP contribution >= 0.6 is 0 Å². The number of aromatic nitrogens is 1. The first-order chi connectivity index (χ1) is 12.6. The summed E-state index contributed by atoms with van der Waals surface area (Å²) in [6, 6.07) is 11.1. The highest BCUT2D eigenvalue weighted by atomic mass is 16.2. The molecule has 0 spiro atoms. The Labute approximate surface area is 153 Å². The molecule has 1 aromatic heterocycles. The third kappa shape index (κ3) is 4.08. The van der Waals surface area contributed by atoms with Crippen LogP contribution in [-0.4, -0.2) is 55.4 Å². The zero-order valence-electron chi connectivity index (χ0n) is 15.2. The van der Waals surface area contributed by atoms with Gasteiger partial charge in [-0.25, -0.2) is 0 Å². The van der Waals surface area contributed by atoms with E-state index in [2.05, 4.69) is 15.2 Å². The molecule has 0 saturated heterocycles. The van der Waals surface area contributed by atoms with Gasteiger partial charge in [-0.15, -0.1) is 0 Å². The van der Waals surface area contributed by atoms with E-state index < -0.39 is 0 Å². The molecule has 26 heavy (non-hydrogen) atoms. The highest BCUT2D eigenvalue weighted by Crippen LogP contribution is 2.28. The number of amides is 2. The Morgan fingerprint density at radius 3 is 2.85 bits per heavy atom. The van der Waals surface area contributed by atoms with E-state index in [4.69, 9.17) is 0 Å². The summed E-state index contributed by atoms with van der Waals surface area (Å²) in [7, 11) is 4.00. The molecule has 1 aliphatic heterocycles. The number of hydrogen-bond acceptors (Lipinski definition) is 4. The number of carbonyl (C=O) groups excluding carboxylic acids is 2. The first-order valence-corrected chi connectivity index (χ1v) is 8.85. The summed E-state index contributed by atoms with van der Waals surface area (Å²) in [6.45, 7) is 2.15. The van der Waals surface area contributed by atoms with E-state index >= 15 is 0 Å². The molecule has 1 N–H and O–H groups in total. The molecule has 0 unspecified atom stereocenters. The van der Waals surface area contributed by atoms with Gasteiger partial charge < -0.3 is 15.1 Å². The van der Waals surface area contributed by atoms with Crippen LogP contribution in [0.25, 0.3) is 0 Å². The van der Waals surface area contributed by atoms with Crippen molar-refractivity contribution in [1.29, 1.82) is 0 Å². The van der Waals surface area contributed by atoms with Gasteiger partial charge in [-0.1, -0.05) is 18.2 Å². The molecule has 1 aromatic carbocycles. The van der Waals surface area contributed by atoms with Crippen molar-refractivity contribution in [2.24, 2.45) is 0 Å². The lowest BCUT2D eigenvalue weighted by Crippen LogP contribution is -2.30. The van der Waals surface area contributed by atoms with Crippen molar-refractivity contribution in [2.75, 3.05) is 38.6 Å². The van der Waals surface area contributed by atoms with Gasteiger partial charge in [0.15, 0.2) is 0 Å². The van der Waals surface area contributed by atoms with Gasteiger partial charge in [0, 0.05) is 30.5 Å². The number of nitrogens with zero attached hydrogens (tertiary/aromatic N) is 3. The largest absolute Gasteiger partial charge is 0.352 e. The van der Waals surface area contributed by atoms with Crippen molar-refractivity contribution in [2.45, 2.75) is 12.8 Å². The fraction of sp³-hybridized carbons (Fsp3) is 0.350. The average molecular weight is 352 g/mol. The van der Waals surface area contributed by atoms with E-state index in [0.29, 0.717) is 24.3 Å². The van der Waals surface area contributed by atoms with Gasteiger partial charge in [0.25, 0.3) is 11.8 Å². The van der Waals surface area contributed by atoms with E-state index in [9.17, 15) is 9.59 Å². The number of benzene rings is 1. The number of hydrogen-bond donors (Lipinski definition) is 1. The second-order valence-corrected chi connectivity index (χ2v) is 6.68. The van der Waals surface area contributed by atoms with Gasteiger partial charge in [0.1, 0.15) is 5.69 Å². The number of para-hydroxylation sites is 1. The van der Waals surface area contributed by atoms with Crippen molar-refractivity contribution in [3.8, 4) is 0 Å². The number of rotatable bonds is 6. The van der Waals surface area contributed by atoms with Gasteiger partial charge in [0.2, 0.25) is 0 Å². The summed E-state index contributed by atoms with van der Waals surface area (Å²) < 4.78 is 0. The molecule has 6 heteroatoms. The minimum absolute atomic E-state index is 0.169. The van der Waals surface area contributed by atoms with Crippen molar-refractivity contribution < 1.29 is 9.59 Å². The van der Waals surface area contributed by atoms with Gasteiger partial charge in [-0.2, -0.15) is 0 Å². The Hall–Kier alpha value is -2.73. The van der Waals surface area contributed by atoms with Crippen LogP contribution in [0, 0.1) is 0 Å². The molecule has 1 aliphatic rings. The predicted molar refractivity (Wildman–Crippen MR) is 102 cm³/mol. The molecule has 2 heterocycles. The first-order valence-electron chi connectivity index (χ1n) is 8.85. The molecular weight excluding hydrogens is 328 g/mol. The van der Waals surface area contributed by atoms with Crippen LogP contribution in [0.3, 0.4) is 0 Å². The molecule has 0 aliphatic carbocycles. The summed E-state index contributed by atoms with van der Waals surface area (Å²) >= 11 is 0. The van der Waals surface area contributed by atoms with Crippen LogP contribution in [-0.2, 0) is 6.42 Å². The third-order valence-electron chi connectivity index (χ3n) is 4.44. The molecule has 136 valence electrons. The topological polar surface area (TPSA) is 65.5 Å². The van der Waals surface area contributed by atoms with E-state index in [1.165, 1.54) is 6.20 Å². The van der Waals surface area contributed by atoms with Gasteiger partial charge >= 0.3 is 0 Å². The predicted octanol–water partition coefficient (Wildman–Crippen LogP) is 1.97. The summed E-state index contributed by atoms with van der Waals surface area (Å²) in [5.41, 5.74) is 2.84. The second-order valence-electron chi connectivity index (χ2n) is 6.68. The lowest BCUT2D eigenvalue weighted by atomic mass is 10.1. The van der Waals surface area contributed by atoms with Crippen LogP contribution in [0.2, 0.25) is 0 Å². The summed E-state index contributed by atoms with van der Waals surface area (Å²) in [6.07, 6.45) is 3.23. The van der Waals surface area contributed by atoms with E-state index in [1.54, 1.807) is 17.0 Å². The Morgan fingerprint density at radius 2 is 2.04 bits per heavy atom. The standard InChI is InChI=1S/C20H24N4O2/c1-23(2)12-5-10-22-19(25)16-8-11-21-17(14-16)20(26)24-13-9-15-6-3-4-7-18(15)24/h3-4,6-8,11,14H,5,9-10,12-13H2,1-2H3,(H,22,25). The molecule has 6 nitrogen and oxygen atoms in total. The monoisotopic (exact) mass is 352 g/mol. The van der Waals surface area contributed by atoms with E-state index in [0.717, 1.165) is 30.6 Å². The minimum atomic E-state index is -0.179. The maximum Gasteiger partial charge on any atom is 0.276 e. The van der Waals surface area contributed by atoms with Crippen molar-refractivity contribution >= 4 is 17.5 Å². The van der Waals surface area contributed by atoms with Crippen LogP contribution in [0.1, 0.15) is 32.8 Å². The van der Waals surface area contributed by atoms with Crippen molar-refractivity contribution in [3.63, 3.8) is 0 Å². The lowest BCUT2D eigenvalue weighted by Gasteiger charge is -2.17. The molecule has 0 atom stereocenters. The van der Waals surface area contributed by atoms with Crippen molar-refractivity contribution in [3.05, 3.63) is 59.4 Å². The number of carbonyl (C=O) groups is 2. The summed E-state index contributed by atoms with van der Waals surface area (Å²) in [5.74, 6) is -0.348. The smallest absolute Gasteiger partial charge is 0.276 e. The zero-order valence-corrected chi connectivity index (χ0v) is 15.2. The van der Waals surface area contributed by atoms with Crippen LogP contribution < -0.4 is 10.2 Å². The highest BCUT2D eigenvalue weighted by molar-refractivity contribution is 6.07. The molecule has 2 aromatic rings. The Morgan fingerprint density at radius 1 is 1.23 bits per heavy atom. The minimum Gasteiger partial charge on any atom is -0.352 e. The normalized spacial score (nSPS) is 13.0. The van der Waals surface area contributed by atoms with Crippen LogP contribution in [0.15, 0.2) is 42.6 Å². The molecule has 2 amide bonds. The van der Waals surface area contributed by atoms with Gasteiger partial charge in [-0.3, -0.25) is 14.6 Å². The Kier molecular flexibility index (Phi) is 5.63. The lowest BCUT2D eigenvalue weighted by molar-refractivity contribution is 0.0952. The molecular formula is C20H24N4O2. The molecule has 0 fully saturated rings. The summed E-state index contributed by atoms with van der Waals surface area (Å²) in [4.78, 5) is 33.1. The zero-order chi connectivity index (χ0) is 18.5. The van der Waals surface area contributed by atoms with Crippen molar-refractivity contribution in [1.82, 2.24) is 15.2 Å². The SMILES string of the molecule is CN(C)CCCNC(=O)c1ccnc(C(=O)N2CCc3ccccc32)c1.